The van der Waals surface area contributed by atoms with Gasteiger partial charge in [0.15, 0.2) is 0 Å². The van der Waals surface area contributed by atoms with Crippen molar-refractivity contribution in [3.05, 3.63) is 88.3 Å². The van der Waals surface area contributed by atoms with Gasteiger partial charge in [-0.15, -0.1) is 0 Å². The van der Waals surface area contributed by atoms with Gasteiger partial charge in [-0.3, -0.25) is 4.79 Å². The molecule has 0 aliphatic rings. The summed E-state index contributed by atoms with van der Waals surface area (Å²) in [4.78, 5) is 12.2. The van der Waals surface area contributed by atoms with Crippen molar-refractivity contribution in [1.29, 1.82) is 0 Å². The van der Waals surface area contributed by atoms with Crippen LogP contribution in [0.2, 0.25) is 0 Å². The lowest BCUT2D eigenvalue weighted by atomic mass is 10.2. The van der Waals surface area contributed by atoms with Gasteiger partial charge in [-0.05, 0) is 51.8 Å². The predicted molar refractivity (Wildman–Crippen MR) is 94.8 cm³/mol. The summed E-state index contributed by atoms with van der Waals surface area (Å²) in [5.74, 6) is 1.24. The summed E-state index contributed by atoms with van der Waals surface area (Å²) < 4.78 is 11.7. The van der Waals surface area contributed by atoms with E-state index in [-0.39, 0.29) is 5.91 Å². The van der Waals surface area contributed by atoms with Gasteiger partial charge in [0.25, 0.3) is 5.91 Å². The molecule has 0 radical (unpaired) electrons. The number of carbonyl (C=O) groups excluding carboxylic acids is 1. The fraction of sp³-hybridized carbons (Fsp3) is 0.105. The van der Waals surface area contributed by atoms with E-state index in [0.29, 0.717) is 30.2 Å². The lowest BCUT2D eigenvalue weighted by molar-refractivity contribution is 0.0948. The number of hydrogen-bond acceptors (Lipinski definition) is 3. The van der Waals surface area contributed by atoms with Gasteiger partial charge in [-0.2, -0.15) is 0 Å². The maximum Gasteiger partial charge on any atom is 0.251 e. The van der Waals surface area contributed by atoms with Crippen LogP contribution in [0, 0.1) is 0 Å². The topological polar surface area (TPSA) is 51.5 Å². The lowest BCUT2D eigenvalue weighted by Gasteiger charge is -2.10. The number of carbonyl (C=O) groups is 1. The first-order chi connectivity index (χ1) is 11.7. The van der Waals surface area contributed by atoms with Crippen LogP contribution in [0.25, 0.3) is 0 Å². The summed E-state index contributed by atoms with van der Waals surface area (Å²) in [5, 5.41) is 2.81. The Hall–Kier alpha value is -2.53. The number of nitrogens with one attached hydrogen (secondary N) is 1. The number of hydrogen-bond donors (Lipinski definition) is 1. The first kappa shape index (κ1) is 16.3. The van der Waals surface area contributed by atoms with E-state index >= 15 is 0 Å². The minimum atomic E-state index is -0.165. The lowest BCUT2D eigenvalue weighted by Crippen LogP contribution is -2.22. The molecule has 0 aliphatic carbocycles. The van der Waals surface area contributed by atoms with Gasteiger partial charge in [0, 0.05) is 5.56 Å². The zero-order valence-electron chi connectivity index (χ0n) is 12.9. The Morgan fingerprint density at radius 1 is 1.08 bits per heavy atom. The Morgan fingerprint density at radius 3 is 2.62 bits per heavy atom. The Bertz CT molecular complexity index is 801. The molecule has 1 heterocycles. The molecular formula is C19H16BrNO3. The third-order valence-corrected chi connectivity index (χ3v) is 4.05. The molecule has 0 saturated carbocycles. The monoisotopic (exact) mass is 385 g/mol. The van der Waals surface area contributed by atoms with Crippen molar-refractivity contribution in [2.24, 2.45) is 0 Å². The van der Waals surface area contributed by atoms with Crippen molar-refractivity contribution in [1.82, 2.24) is 5.32 Å². The van der Waals surface area contributed by atoms with Crippen molar-refractivity contribution >= 4 is 21.8 Å². The minimum Gasteiger partial charge on any atom is -0.488 e. The second-order valence-electron chi connectivity index (χ2n) is 5.18. The molecule has 1 N–H and O–H groups in total. The van der Waals surface area contributed by atoms with E-state index in [1.165, 1.54) is 0 Å². The van der Waals surface area contributed by atoms with E-state index in [0.717, 1.165) is 10.0 Å². The van der Waals surface area contributed by atoms with Gasteiger partial charge < -0.3 is 14.5 Å². The second kappa shape index (κ2) is 7.84. The Labute approximate surface area is 148 Å². The molecule has 24 heavy (non-hydrogen) atoms. The highest BCUT2D eigenvalue weighted by atomic mass is 79.9. The zero-order valence-corrected chi connectivity index (χ0v) is 14.5. The van der Waals surface area contributed by atoms with Crippen LogP contribution in [0.15, 0.2) is 75.8 Å². The van der Waals surface area contributed by atoms with Crippen LogP contribution in [0.1, 0.15) is 21.7 Å². The maximum absolute atomic E-state index is 12.2. The molecular weight excluding hydrogens is 370 g/mol. The molecule has 0 saturated heterocycles. The van der Waals surface area contributed by atoms with Crippen LogP contribution in [0.4, 0.5) is 0 Å². The van der Waals surface area contributed by atoms with Crippen molar-refractivity contribution in [2.75, 3.05) is 0 Å². The number of rotatable bonds is 6. The second-order valence-corrected chi connectivity index (χ2v) is 6.04. The summed E-state index contributed by atoms with van der Waals surface area (Å²) in [6.07, 6.45) is 1.58. The van der Waals surface area contributed by atoms with E-state index in [9.17, 15) is 4.79 Å². The van der Waals surface area contributed by atoms with Crippen molar-refractivity contribution in [2.45, 2.75) is 13.2 Å². The Balaban J connectivity index is 1.60. The van der Waals surface area contributed by atoms with E-state index in [1.807, 2.05) is 36.4 Å². The number of ether oxygens (including phenoxy) is 1. The average Bonchev–Trinajstić information content (AvgIpc) is 3.13. The van der Waals surface area contributed by atoms with Crippen LogP contribution >= 0.6 is 15.9 Å². The van der Waals surface area contributed by atoms with Crippen LogP contribution in [-0.2, 0) is 13.2 Å². The third kappa shape index (κ3) is 4.26. The summed E-state index contributed by atoms with van der Waals surface area (Å²) in [5.41, 5.74) is 1.64. The average molecular weight is 386 g/mol. The smallest absolute Gasteiger partial charge is 0.251 e. The van der Waals surface area contributed by atoms with Crippen molar-refractivity contribution in [3.8, 4) is 5.75 Å². The quantitative estimate of drug-likeness (QED) is 0.676. The van der Waals surface area contributed by atoms with Crippen LogP contribution in [0.5, 0.6) is 5.75 Å². The van der Waals surface area contributed by atoms with Gasteiger partial charge in [-0.1, -0.05) is 30.3 Å². The van der Waals surface area contributed by atoms with Crippen LogP contribution in [0.3, 0.4) is 0 Å². The number of halogens is 1. The van der Waals surface area contributed by atoms with Gasteiger partial charge >= 0.3 is 0 Å². The Kier molecular flexibility index (Phi) is 5.33. The van der Waals surface area contributed by atoms with Gasteiger partial charge in [0.1, 0.15) is 18.1 Å². The van der Waals surface area contributed by atoms with Crippen molar-refractivity contribution < 1.29 is 13.9 Å². The fourth-order valence-electron chi connectivity index (χ4n) is 2.18. The largest absolute Gasteiger partial charge is 0.488 e. The molecule has 5 heteroatoms. The third-order valence-electron chi connectivity index (χ3n) is 3.43. The fourth-order valence-corrected chi connectivity index (χ4v) is 2.67. The van der Waals surface area contributed by atoms with E-state index in [4.69, 9.17) is 9.15 Å². The first-order valence-electron chi connectivity index (χ1n) is 7.49. The molecule has 1 amide bonds. The van der Waals surface area contributed by atoms with Crippen molar-refractivity contribution in [3.63, 3.8) is 0 Å². The molecule has 4 nitrogen and oxygen atoms in total. The highest BCUT2D eigenvalue weighted by molar-refractivity contribution is 9.10. The molecule has 0 spiro atoms. The van der Waals surface area contributed by atoms with Gasteiger partial charge in [-0.25, -0.2) is 0 Å². The zero-order chi connectivity index (χ0) is 16.8. The summed E-state index contributed by atoms with van der Waals surface area (Å²) in [6.45, 7) is 0.833. The normalized spacial score (nSPS) is 10.4. The SMILES string of the molecule is O=C(NCc1ccco1)c1ccc(OCc2ccccc2)c(Br)c1. The van der Waals surface area contributed by atoms with E-state index < -0.39 is 0 Å². The summed E-state index contributed by atoms with van der Waals surface area (Å²) >= 11 is 3.46. The standard InChI is InChI=1S/C19H16BrNO3/c20-17-11-15(19(22)21-12-16-7-4-10-23-16)8-9-18(17)24-13-14-5-2-1-3-6-14/h1-11H,12-13H2,(H,21,22). The molecule has 0 atom stereocenters. The minimum absolute atomic E-state index is 0.165. The number of furan rings is 1. The molecule has 0 unspecified atom stereocenters. The van der Waals surface area contributed by atoms with E-state index in [1.54, 1.807) is 30.5 Å². The molecule has 2 aromatic carbocycles. The summed E-state index contributed by atoms with van der Waals surface area (Å²) in [7, 11) is 0. The molecule has 3 aromatic rings. The molecule has 0 fully saturated rings. The maximum atomic E-state index is 12.2. The molecule has 0 aliphatic heterocycles. The molecule has 122 valence electrons. The van der Waals surface area contributed by atoms with Crippen LogP contribution in [-0.4, -0.2) is 5.91 Å². The molecule has 1 aromatic heterocycles. The van der Waals surface area contributed by atoms with Crippen LogP contribution < -0.4 is 10.1 Å². The number of amides is 1. The summed E-state index contributed by atoms with van der Waals surface area (Å²) in [6, 6.07) is 18.8. The predicted octanol–water partition coefficient (Wildman–Crippen LogP) is 4.55. The first-order valence-corrected chi connectivity index (χ1v) is 8.28. The molecule has 0 bridgehead atoms. The highest BCUT2D eigenvalue weighted by Gasteiger charge is 2.10. The number of benzene rings is 2. The van der Waals surface area contributed by atoms with Gasteiger partial charge in [0.2, 0.25) is 0 Å². The van der Waals surface area contributed by atoms with Gasteiger partial charge in [0.05, 0.1) is 17.3 Å². The van der Waals surface area contributed by atoms with E-state index in [2.05, 4.69) is 21.2 Å². The Morgan fingerprint density at radius 2 is 1.92 bits per heavy atom. The molecule has 3 rings (SSSR count). The highest BCUT2D eigenvalue weighted by Crippen LogP contribution is 2.27.